The van der Waals surface area contributed by atoms with E-state index in [0.717, 1.165) is 51.4 Å². The standard InChI is InChI=1S/C11H20N2O2.3C11H19NO3.C8H11N/c1-3-5-8-6-10(14)13(7-8)9(4-2)11(12)15;3*1-3-5-8-6-10(13)12(7-8)9(4-2)11(14)15;1-7(9)8-5-3-2-4-6-8/h8-9H,3-7H2,1-2H3,(H2,12,15);3*8-9H,3-7H2,1-2H3,(H,14,15);2-7H,9H2,1H3/t8-,9+;8?,9-;2*8-,9+;7-/m10111/s1. The number of nitrogens with zero attached hydrogens (tertiary/aromatic N) is 4. The van der Waals surface area contributed by atoms with E-state index in [0.29, 0.717) is 101 Å². The average molecular weight is 973 g/mol. The van der Waals surface area contributed by atoms with Crippen molar-refractivity contribution >= 4 is 47.4 Å². The van der Waals surface area contributed by atoms with Crippen LogP contribution in [0, 0.1) is 23.7 Å². The third kappa shape index (κ3) is 20.4. The molecule has 0 aliphatic carbocycles. The van der Waals surface area contributed by atoms with E-state index in [2.05, 4.69) is 27.7 Å². The molecule has 17 nitrogen and oxygen atoms in total. The van der Waals surface area contributed by atoms with Crippen LogP contribution in [0.5, 0.6) is 0 Å². The largest absolute Gasteiger partial charge is 0.480 e. The molecule has 4 aliphatic rings. The molecule has 1 aromatic rings. The number of carboxylic acid groups (broad SMARTS) is 3. The maximum Gasteiger partial charge on any atom is 0.326 e. The number of hydrogen-bond acceptors (Lipinski definition) is 9. The van der Waals surface area contributed by atoms with Crippen molar-refractivity contribution in [1.29, 1.82) is 0 Å². The molecule has 1 unspecified atom stereocenters. The number of hydrogen-bond donors (Lipinski definition) is 5. The summed E-state index contributed by atoms with van der Waals surface area (Å²) >= 11 is 0. The van der Waals surface area contributed by atoms with Crippen molar-refractivity contribution in [2.45, 2.75) is 195 Å². The fraction of sp³-hybridized carbons (Fsp3) is 0.731. The third-order valence-corrected chi connectivity index (χ3v) is 13.3. The van der Waals surface area contributed by atoms with Gasteiger partial charge in [-0.15, -0.1) is 0 Å². The molecule has 4 heterocycles. The van der Waals surface area contributed by atoms with Gasteiger partial charge in [-0.25, -0.2) is 14.4 Å². The molecule has 0 radical (unpaired) electrons. The lowest BCUT2D eigenvalue weighted by molar-refractivity contribution is -0.148. The predicted molar refractivity (Wildman–Crippen MR) is 266 cm³/mol. The molecule has 9 atom stereocenters. The van der Waals surface area contributed by atoms with Gasteiger partial charge < -0.3 is 46.4 Å². The quantitative estimate of drug-likeness (QED) is 0.0826. The van der Waals surface area contributed by atoms with Crippen LogP contribution in [0.15, 0.2) is 30.3 Å². The minimum atomic E-state index is -0.886. The first-order chi connectivity index (χ1) is 32.7. The van der Waals surface area contributed by atoms with Crippen LogP contribution in [-0.4, -0.2) is 133 Å². The molecular weight excluding hydrogens is 885 g/mol. The number of likely N-dealkylation sites (tertiary alicyclic amines) is 4. The Kier molecular flexibility index (Phi) is 29.4. The van der Waals surface area contributed by atoms with E-state index in [1.165, 1.54) is 20.3 Å². The second-order valence-electron chi connectivity index (χ2n) is 18.9. The minimum Gasteiger partial charge on any atom is -0.480 e. The molecule has 5 amide bonds. The van der Waals surface area contributed by atoms with Gasteiger partial charge in [0.1, 0.15) is 24.2 Å². The molecule has 0 bridgehead atoms. The van der Waals surface area contributed by atoms with Gasteiger partial charge in [-0.3, -0.25) is 24.0 Å². The number of carbonyl (C=O) groups excluding carboxylic acids is 5. The highest BCUT2D eigenvalue weighted by Crippen LogP contribution is 2.28. The zero-order chi connectivity index (χ0) is 52.4. The van der Waals surface area contributed by atoms with Crippen LogP contribution in [0.4, 0.5) is 0 Å². The van der Waals surface area contributed by atoms with Gasteiger partial charge in [-0.1, -0.05) is 111 Å². The van der Waals surface area contributed by atoms with Crippen molar-refractivity contribution < 1.29 is 53.7 Å². The van der Waals surface area contributed by atoms with Gasteiger partial charge in [0.05, 0.1) is 0 Å². The van der Waals surface area contributed by atoms with E-state index < -0.39 is 42.1 Å². The number of carbonyl (C=O) groups is 8. The molecule has 17 heteroatoms. The number of nitrogens with two attached hydrogens (primary N) is 2. The summed E-state index contributed by atoms with van der Waals surface area (Å²) in [4.78, 5) is 96.8. The van der Waals surface area contributed by atoms with Crippen LogP contribution in [0.1, 0.15) is 177 Å². The van der Waals surface area contributed by atoms with E-state index in [1.807, 2.05) is 44.2 Å². The number of benzene rings is 1. The second kappa shape index (κ2) is 32.7. The maximum atomic E-state index is 11.7. The average Bonchev–Trinajstić information content (AvgIpc) is 4.05. The zero-order valence-corrected chi connectivity index (χ0v) is 43.3. The number of carboxylic acids is 3. The Morgan fingerprint density at radius 1 is 0.493 bits per heavy atom. The molecule has 69 heavy (non-hydrogen) atoms. The van der Waals surface area contributed by atoms with Crippen LogP contribution >= 0.6 is 0 Å². The fourth-order valence-electron chi connectivity index (χ4n) is 9.76. The normalized spacial score (nSPS) is 21.9. The van der Waals surface area contributed by atoms with Crippen LogP contribution < -0.4 is 11.5 Å². The number of rotatable bonds is 21. The molecule has 4 fully saturated rings. The van der Waals surface area contributed by atoms with Gasteiger partial charge in [0.15, 0.2) is 0 Å². The first kappa shape index (κ1) is 62.0. The molecular formula is C52H88N6O11. The highest BCUT2D eigenvalue weighted by molar-refractivity contribution is 5.88. The maximum absolute atomic E-state index is 11.7. The Labute approximate surface area is 412 Å². The van der Waals surface area contributed by atoms with Crippen LogP contribution in [0.3, 0.4) is 0 Å². The topological polar surface area (TPSA) is 262 Å². The first-order valence-corrected chi connectivity index (χ1v) is 25.7. The van der Waals surface area contributed by atoms with Gasteiger partial charge in [-0.05, 0) is 87.5 Å². The number of primary amides is 1. The van der Waals surface area contributed by atoms with Crippen molar-refractivity contribution in [3.63, 3.8) is 0 Å². The highest BCUT2D eigenvalue weighted by atomic mass is 16.4. The minimum absolute atomic E-state index is 0.00250. The lowest BCUT2D eigenvalue weighted by Crippen LogP contribution is -2.45. The molecule has 0 saturated carbocycles. The zero-order valence-electron chi connectivity index (χ0n) is 43.3. The second-order valence-corrected chi connectivity index (χ2v) is 18.9. The van der Waals surface area contributed by atoms with Gasteiger partial charge in [0, 0.05) is 57.9 Å². The summed E-state index contributed by atoms with van der Waals surface area (Å²) < 4.78 is 0. The van der Waals surface area contributed by atoms with E-state index in [4.69, 9.17) is 26.8 Å². The van der Waals surface area contributed by atoms with Crippen LogP contribution in [0.2, 0.25) is 0 Å². The Balaban J connectivity index is 0.000000435. The van der Waals surface area contributed by atoms with Crippen LogP contribution in [-0.2, 0) is 38.4 Å². The van der Waals surface area contributed by atoms with Gasteiger partial charge in [0.25, 0.3) is 0 Å². The van der Waals surface area contributed by atoms with Gasteiger partial charge >= 0.3 is 17.9 Å². The Morgan fingerprint density at radius 3 is 0.913 bits per heavy atom. The lowest BCUT2D eigenvalue weighted by Gasteiger charge is -2.24. The van der Waals surface area contributed by atoms with E-state index in [1.54, 1.807) is 25.7 Å². The van der Waals surface area contributed by atoms with E-state index in [9.17, 15) is 38.4 Å². The molecule has 4 aliphatic heterocycles. The van der Waals surface area contributed by atoms with Gasteiger partial charge in [-0.2, -0.15) is 0 Å². The predicted octanol–water partition coefficient (Wildman–Crippen LogP) is 7.10. The molecule has 1 aromatic carbocycles. The SMILES string of the molecule is CCCC1CC(=O)N([C@@H](CC)C(=O)O)C1.CCC[C@@H]1CC(=O)N([C@@H](CC)C(=O)O)C1.CCC[C@@H]1CC(=O)N([C@@H](CC)C(=O)O)C1.CCC[C@@H]1CC(=O)N([C@@H](CC)C(N)=O)C1.C[C@@H](N)c1ccccc1. The first-order valence-electron chi connectivity index (χ1n) is 25.7. The monoisotopic (exact) mass is 973 g/mol. The van der Waals surface area contributed by atoms with Crippen molar-refractivity contribution in [3.05, 3.63) is 35.9 Å². The van der Waals surface area contributed by atoms with Gasteiger partial charge in [0.2, 0.25) is 29.5 Å². The Morgan fingerprint density at radius 2 is 0.739 bits per heavy atom. The summed E-state index contributed by atoms with van der Waals surface area (Å²) in [5, 5.41) is 26.9. The summed E-state index contributed by atoms with van der Waals surface area (Å²) in [5.74, 6) is -1.47. The van der Waals surface area contributed by atoms with Crippen molar-refractivity contribution in [2.24, 2.45) is 35.1 Å². The van der Waals surface area contributed by atoms with Crippen molar-refractivity contribution in [1.82, 2.24) is 19.6 Å². The smallest absolute Gasteiger partial charge is 0.326 e. The van der Waals surface area contributed by atoms with E-state index >= 15 is 0 Å². The molecule has 4 saturated heterocycles. The molecule has 5 rings (SSSR count). The lowest BCUT2D eigenvalue weighted by atomic mass is 10.0. The van der Waals surface area contributed by atoms with Crippen molar-refractivity contribution in [3.8, 4) is 0 Å². The highest BCUT2D eigenvalue weighted by Gasteiger charge is 2.39. The molecule has 7 N–H and O–H groups in total. The van der Waals surface area contributed by atoms with Crippen LogP contribution in [0.25, 0.3) is 0 Å². The number of amides is 5. The summed E-state index contributed by atoms with van der Waals surface area (Å²) in [7, 11) is 0. The number of aliphatic carboxylic acids is 3. The summed E-state index contributed by atoms with van der Waals surface area (Å²) in [5.41, 5.74) is 12.1. The summed E-state index contributed by atoms with van der Waals surface area (Å²) in [6.45, 7) is 20.2. The Hall–Kier alpha value is -5.06. The fourth-order valence-corrected chi connectivity index (χ4v) is 9.76. The molecule has 392 valence electrons. The third-order valence-electron chi connectivity index (χ3n) is 13.3. The Bertz CT molecular complexity index is 1550. The molecule has 0 aromatic heterocycles. The molecule has 0 spiro atoms. The van der Waals surface area contributed by atoms with Crippen molar-refractivity contribution in [2.75, 3.05) is 26.2 Å². The summed E-state index contributed by atoms with van der Waals surface area (Å²) in [6, 6.07) is 7.93. The summed E-state index contributed by atoms with van der Waals surface area (Å²) in [6.07, 6.45) is 12.6. The van der Waals surface area contributed by atoms with E-state index in [-0.39, 0.29) is 35.6 Å².